The number of halogens is 1. The van der Waals surface area contributed by atoms with E-state index in [4.69, 9.17) is 0 Å². The number of aromatic nitrogens is 3. The van der Waals surface area contributed by atoms with E-state index in [0.29, 0.717) is 0 Å². The van der Waals surface area contributed by atoms with Crippen LogP contribution >= 0.6 is 15.9 Å². The van der Waals surface area contributed by atoms with E-state index < -0.39 is 0 Å². The number of pyridine rings is 1. The predicted octanol–water partition coefficient (Wildman–Crippen LogP) is 3.26. The molecule has 0 fully saturated rings. The fraction of sp³-hybridized carbons (Fsp3) is 0.333. The molecule has 3 nitrogen and oxygen atoms in total. The highest BCUT2D eigenvalue weighted by Crippen LogP contribution is 2.22. The second-order valence-electron chi connectivity index (χ2n) is 4.03. The molecule has 0 amide bonds. The van der Waals surface area contributed by atoms with E-state index in [9.17, 15) is 0 Å². The van der Waals surface area contributed by atoms with Gasteiger partial charge >= 0.3 is 0 Å². The molecular formula is C12H14BrN3. The molecule has 0 atom stereocenters. The third-order valence-corrected chi connectivity index (χ3v) is 3.40. The zero-order chi connectivity index (χ0) is 11.9. The molecule has 2 heterocycles. The van der Waals surface area contributed by atoms with Gasteiger partial charge in [-0.1, -0.05) is 0 Å². The summed E-state index contributed by atoms with van der Waals surface area (Å²) < 4.78 is 2.85. The Bertz CT molecular complexity index is 543. The van der Waals surface area contributed by atoms with Crippen LogP contribution < -0.4 is 0 Å². The van der Waals surface area contributed by atoms with Gasteiger partial charge in [-0.2, -0.15) is 5.10 Å². The Hall–Kier alpha value is -1.16. The molecule has 0 aromatic carbocycles. The molecule has 2 aromatic heterocycles. The Labute approximate surface area is 104 Å². The molecule has 0 aliphatic heterocycles. The van der Waals surface area contributed by atoms with Gasteiger partial charge in [0.1, 0.15) is 0 Å². The van der Waals surface area contributed by atoms with Crippen molar-refractivity contribution >= 4 is 15.9 Å². The number of rotatable bonds is 1. The lowest BCUT2D eigenvalue weighted by atomic mass is 10.2. The Kier molecular flexibility index (Phi) is 2.84. The van der Waals surface area contributed by atoms with E-state index >= 15 is 0 Å². The highest BCUT2D eigenvalue weighted by atomic mass is 79.9. The second-order valence-corrected chi connectivity index (χ2v) is 4.88. The highest BCUT2D eigenvalue weighted by Gasteiger charge is 2.12. The van der Waals surface area contributed by atoms with Gasteiger partial charge in [-0.15, -0.1) is 0 Å². The maximum Gasteiger partial charge on any atom is 0.167 e. The zero-order valence-electron chi connectivity index (χ0n) is 9.87. The number of nitrogens with zero attached hydrogens (tertiary/aromatic N) is 3. The first-order valence-corrected chi connectivity index (χ1v) is 5.95. The Balaban J connectivity index is 2.63. The van der Waals surface area contributed by atoms with Crippen molar-refractivity contribution in [2.24, 2.45) is 0 Å². The molecule has 84 valence electrons. The van der Waals surface area contributed by atoms with E-state index in [1.54, 1.807) is 0 Å². The van der Waals surface area contributed by atoms with Gasteiger partial charge in [0, 0.05) is 11.9 Å². The van der Waals surface area contributed by atoms with Crippen molar-refractivity contribution < 1.29 is 0 Å². The van der Waals surface area contributed by atoms with Gasteiger partial charge in [-0.3, -0.25) is 0 Å². The molecule has 16 heavy (non-hydrogen) atoms. The predicted molar refractivity (Wildman–Crippen MR) is 68.0 cm³/mol. The molecule has 0 spiro atoms. The van der Waals surface area contributed by atoms with Gasteiger partial charge in [0.2, 0.25) is 0 Å². The maximum absolute atomic E-state index is 4.49. The molecule has 0 unspecified atom stereocenters. The SMILES string of the molecule is Cc1cnc(-n2nc(C)c(C)c2C)c(Br)c1. The van der Waals surface area contributed by atoms with Gasteiger partial charge < -0.3 is 0 Å². The molecule has 0 bridgehead atoms. The minimum absolute atomic E-state index is 0.847. The number of hydrogen-bond acceptors (Lipinski definition) is 2. The first-order valence-electron chi connectivity index (χ1n) is 5.16. The molecule has 0 saturated carbocycles. The molecule has 0 aliphatic rings. The van der Waals surface area contributed by atoms with Crippen molar-refractivity contribution in [1.29, 1.82) is 0 Å². The van der Waals surface area contributed by atoms with Gasteiger partial charge in [-0.25, -0.2) is 9.67 Å². The van der Waals surface area contributed by atoms with Crippen LogP contribution in [-0.4, -0.2) is 14.8 Å². The van der Waals surface area contributed by atoms with Crippen LogP contribution in [0.2, 0.25) is 0 Å². The van der Waals surface area contributed by atoms with Crippen LogP contribution in [0, 0.1) is 27.7 Å². The molecule has 0 aliphatic carbocycles. The van der Waals surface area contributed by atoms with Crippen molar-refractivity contribution in [3.63, 3.8) is 0 Å². The maximum atomic E-state index is 4.49. The highest BCUT2D eigenvalue weighted by molar-refractivity contribution is 9.10. The number of aryl methyl sites for hydroxylation is 2. The largest absolute Gasteiger partial charge is 0.236 e. The average molecular weight is 280 g/mol. The summed E-state index contributed by atoms with van der Waals surface area (Å²) >= 11 is 3.53. The van der Waals surface area contributed by atoms with Crippen LogP contribution in [0.15, 0.2) is 16.7 Å². The smallest absolute Gasteiger partial charge is 0.167 e. The van der Waals surface area contributed by atoms with Crippen LogP contribution in [-0.2, 0) is 0 Å². The van der Waals surface area contributed by atoms with Crippen molar-refractivity contribution in [3.05, 3.63) is 39.3 Å². The van der Waals surface area contributed by atoms with E-state index in [2.05, 4.69) is 39.9 Å². The standard InChI is InChI=1S/C12H14BrN3/c1-7-5-11(13)12(14-6-7)16-10(4)8(2)9(3)15-16/h5-6H,1-4H3. The van der Waals surface area contributed by atoms with Crippen molar-refractivity contribution in [2.45, 2.75) is 27.7 Å². The van der Waals surface area contributed by atoms with Crippen LogP contribution in [0.4, 0.5) is 0 Å². The third kappa shape index (κ3) is 1.78. The van der Waals surface area contributed by atoms with E-state index in [1.807, 2.05) is 30.8 Å². The second kappa shape index (κ2) is 4.01. The fourth-order valence-electron chi connectivity index (χ4n) is 1.61. The van der Waals surface area contributed by atoms with E-state index in [1.165, 1.54) is 5.56 Å². The first-order chi connectivity index (χ1) is 7.50. The van der Waals surface area contributed by atoms with E-state index in [-0.39, 0.29) is 0 Å². The Morgan fingerprint density at radius 1 is 1.19 bits per heavy atom. The summed E-state index contributed by atoms with van der Waals surface area (Å²) in [4.78, 5) is 4.42. The molecule has 0 saturated heterocycles. The third-order valence-electron chi connectivity index (χ3n) is 2.81. The van der Waals surface area contributed by atoms with E-state index in [0.717, 1.165) is 27.2 Å². The lowest BCUT2D eigenvalue weighted by molar-refractivity contribution is 0.800. The molecular weight excluding hydrogens is 266 g/mol. The van der Waals surface area contributed by atoms with Gasteiger partial charge in [0.15, 0.2) is 5.82 Å². The van der Waals surface area contributed by atoms with Gasteiger partial charge in [-0.05, 0) is 60.8 Å². The Morgan fingerprint density at radius 3 is 2.38 bits per heavy atom. The van der Waals surface area contributed by atoms with Gasteiger partial charge in [0.05, 0.1) is 10.2 Å². The molecule has 0 N–H and O–H groups in total. The summed E-state index contributed by atoms with van der Waals surface area (Å²) in [5, 5.41) is 4.49. The monoisotopic (exact) mass is 279 g/mol. The minimum Gasteiger partial charge on any atom is -0.236 e. The van der Waals surface area contributed by atoms with Crippen LogP contribution in [0.5, 0.6) is 0 Å². The molecule has 2 aromatic rings. The quantitative estimate of drug-likeness (QED) is 0.802. The Morgan fingerprint density at radius 2 is 1.88 bits per heavy atom. The molecule has 4 heteroatoms. The lowest BCUT2D eigenvalue weighted by Gasteiger charge is -2.06. The summed E-state index contributed by atoms with van der Waals surface area (Å²) in [5.74, 6) is 0.847. The van der Waals surface area contributed by atoms with Crippen LogP contribution in [0.25, 0.3) is 5.82 Å². The summed E-state index contributed by atoms with van der Waals surface area (Å²) in [6.07, 6.45) is 1.85. The van der Waals surface area contributed by atoms with Gasteiger partial charge in [0.25, 0.3) is 0 Å². The van der Waals surface area contributed by atoms with Crippen molar-refractivity contribution in [3.8, 4) is 5.82 Å². The van der Waals surface area contributed by atoms with Crippen LogP contribution in [0.3, 0.4) is 0 Å². The fourth-order valence-corrected chi connectivity index (χ4v) is 2.24. The van der Waals surface area contributed by atoms with Crippen molar-refractivity contribution in [1.82, 2.24) is 14.8 Å². The lowest BCUT2D eigenvalue weighted by Crippen LogP contribution is -2.03. The minimum atomic E-state index is 0.847. The molecule has 2 rings (SSSR count). The topological polar surface area (TPSA) is 30.7 Å². The number of hydrogen-bond donors (Lipinski definition) is 0. The molecule has 0 radical (unpaired) electrons. The average Bonchev–Trinajstić information content (AvgIpc) is 2.46. The summed E-state index contributed by atoms with van der Waals surface area (Å²) in [7, 11) is 0. The normalized spacial score (nSPS) is 10.8. The summed E-state index contributed by atoms with van der Waals surface area (Å²) in [6.45, 7) is 8.18. The van der Waals surface area contributed by atoms with Crippen molar-refractivity contribution in [2.75, 3.05) is 0 Å². The van der Waals surface area contributed by atoms with Crippen LogP contribution in [0.1, 0.15) is 22.5 Å². The first kappa shape index (κ1) is 11.3. The summed E-state index contributed by atoms with van der Waals surface area (Å²) in [6, 6.07) is 2.05. The summed E-state index contributed by atoms with van der Waals surface area (Å²) in [5.41, 5.74) is 4.53. The zero-order valence-corrected chi connectivity index (χ0v) is 11.5.